The van der Waals surface area contributed by atoms with Gasteiger partial charge in [0.1, 0.15) is 4.32 Å². The van der Waals surface area contributed by atoms with E-state index in [1.807, 2.05) is 6.92 Å². The van der Waals surface area contributed by atoms with Crippen LogP contribution in [0.1, 0.15) is 32.6 Å². The molecule has 1 aliphatic rings. The average molecular weight is 233 g/mol. The standard InChI is InChI=1S/C10H19NOS2/c1-2-9(12)8-14-10(13)11-6-4-3-5-7-11/h9,12H,2-8H2,1H3. The van der Waals surface area contributed by atoms with Crippen molar-refractivity contribution < 1.29 is 5.11 Å². The molecule has 1 heterocycles. The summed E-state index contributed by atoms with van der Waals surface area (Å²) in [5.41, 5.74) is 0. The van der Waals surface area contributed by atoms with Crippen LogP contribution in [0, 0.1) is 0 Å². The van der Waals surface area contributed by atoms with E-state index in [4.69, 9.17) is 12.2 Å². The zero-order valence-electron chi connectivity index (χ0n) is 8.74. The van der Waals surface area contributed by atoms with Gasteiger partial charge < -0.3 is 10.0 Å². The third kappa shape index (κ3) is 4.15. The second kappa shape index (κ2) is 6.64. The molecule has 0 spiro atoms. The molecular formula is C10H19NOS2. The van der Waals surface area contributed by atoms with Crippen molar-refractivity contribution in [3.05, 3.63) is 0 Å². The normalized spacial score (nSPS) is 19.4. The lowest BCUT2D eigenvalue weighted by Crippen LogP contribution is -2.33. The fraction of sp³-hybridized carbons (Fsp3) is 0.900. The van der Waals surface area contributed by atoms with E-state index in [0.29, 0.717) is 0 Å². The number of rotatable bonds is 3. The van der Waals surface area contributed by atoms with Gasteiger partial charge in [-0.25, -0.2) is 0 Å². The third-order valence-electron chi connectivity index (χ3n) is 2.48. The monoisotopic (exact) mass is 233 g/mol. The fourth-order valence-corrected chi connectivity index (χ4v) is 2.78. The molecule has 82 valence electrons. The minimum Gasteiger partial charge on any atom is -0.392 e. The van der Waals surface area contributed by atoms with Gasteiger partial charge in [0, 0.05) is 18.8 Å². The number of piperidine rings is 1. The van der Waals surface area contributed by atoms with Gasteiger partial charge in [-0.3, -0.25) is 0 Å². The molecular weight excluding hydrogens is 214 g/mol. The summed E-state index contributed by atoms with van der Waals surface area (Å²) in [6.45, 7) is 4.21. The van der Waals surface area contributed by atoms with E-state index in [9.17, 15) is 5.11 Å². The molecule has 1 atom stereocenters. The van der Waals surface area contributed by atoms with Gasteiger partial charge in [-0.15, -0.1) is 0 Å². The smallest absolute Gasteiger partial charge is 0.136 e. The Morgan fingerprint density at radius 1 is 1.43 bits per heavy atom. The Labute approximate surface area is 96.1 Å². The van der Waals surface area contributed by atoms with Gasteiger partial charge in [0.25, 0.3) is 0 Å². The van der Waals surface area contributed by atoms with Crippen LogP contribution >= 0.6 is 24.0 Å². The summed E-state index contributed by atoms with van der Waals surface area (Å²) in [7, 11) is 0. The highest BCUT2D eigenvalue weighted by Gasteiger charge is 2.14. The van der Waals surface area contributed by atoms with Crippen LogP contribution in [-0.4, -0.2) is 39.3 Å². The maximum atomic E-state index is 9.41. The first-order valence-corrected chi connectivity index (χ1v) is 6.73. The number of thiocarbonyl (C=S) groups is 1. The molecule has 14 heavy (non-hydrogen) atoms. The number of nitrogens with zero attached hydrogens (tertiary/aromatic N) is 1. The van der Waals surface area contributed by atoms with Gasteiger partial charge in [0.2, 0.25) is 0 Å². The summed E-state index contributed by atoms with van der Waals surface area (Å²) in [4.78, 5) is 2.27. The molecule has 1 fully saturated rings. The molecule has 4 heteroatoms. The van der Waals surface area contributed by atoms with Crippen LogP contribution in [0.2, 0.25) is 0 Å². The first-order chi connectivity index (χ1) is 6.74. The Morgan fingerprint density at radius 3 is 2.64 bits per heavy atom. The topological polar surface area (TPSA) is 23.5 Å². The van der Waals surface area contributed by atoms with Gasteiger partial charge in [0.05, 0.1) is 6.10 Å². The summed E-state index contributed by atoms with van der Waals surface area (Å²) in [5.74, 6) is 0.742. The van der Waals surface area contributed by atoms with Crippen molar-refractivity contribution in [1.29, 1.82) is 0 Å². The first kappa shape index (κ1) is 12.3. The number of aliphatic hydroxyl groups is 1. The quantitative estimate of drug-likeness (QED) is 0.755. The molecule has 0 radical (unpaired) electrons. The van der Waals surface area contributed by atoms with Gasteiger partial charge in [0.15, 0.2) is 0 Å². The molecule has 0 amide bonds. The summed E-state index contributed by atoms with van der Waals surface area (Å²) >= 11 is 6.94. The predicted molar refractivity (Wildman–Crippen MR) is 66.8 cm³/mol. The van der Waals surface area contributed by atoms with Crippen LogP contribution < -0.4 is 0 Å². The predicted octanol–water partition coefficient (Wildman–Crippen LogP) is 2.26. The number of likely N-dealkylation sites (tertiary alicyclic amines) is 1. The zero-order chi connectivity index (χ0) is 10.4. The maximum Gasteiger partial charge on any atom is 0.136 e. The van der Waals surface area contributed by atoms with E-state index < -0.39 is 0 Å². The fourth-order valence-electron chi connectivity index (χ4n) is 1.45. The number of hydrogen-bond donors (Lipinski definition) is 1. The summed E-state index contributed by atoms with van der Waals surface area (Å²) < 4.78 is 0.970. The zero-order valence-corrected chi connectivity index (χ0v) is 10.4. The van der Waals surface area contributed by atoms with Crippen LogP contribution in [0.5, 0.6) is 0 Å². The highest BCUT2D eigenvalue weighted by Crippen LogP contribution is 2.17. The molecule has 1 rings (SSSR count). The van der Waals surface area contributed by atoms with Crippen molar-refractivity contribution in [1.82, 2.24) is 4.90 Å². The Balaban J connectivity index is 2.19. The molecule has 0 saturated carbocycles. The van der Waals surface area contributed by atoms with E-state index >= 15 is 0 Å². The Morgan fingerprint density at radius 2 is 2.07 bits per heavy atom. The van der Waals surface area contributed by atoms with Gasteiger partial charge in [-0.05, 0) is 25.7 Å². The number of hydrogen-bond acceptors (Lipinski definition) is 3. The van der Waals surface area contributed by atoms with E-state index in [1.165, 1.54) is 19.3 Å². The van der Waals surface area contributed by atoms with E-state index in [2.05, 4.69) is 4.90 Å². The lowest BCUT2D eigenvalue weighted by Gasteiger charge is -2.28. The van der Waals surface area contributed by atoms with E-state index in [-0.39, 0.29) is 6.10 Å². The van der Waals surface area contributed by atoms with Crippen molar-refractivity contribution in [3.63, 3.8) is 0 Å². The van der Waals surface area contributed by atoms with Gasteiger partial charge in [-0.1, -0.05) is 30.9 Å². The SMILES string of the molecule is CCC(O)CSC(=S)N1CCCCC1. The summed E-state index contributed by atoms with van der Waals surface area (Å²) in [6.07, 6.45) is 4.47. The van der Waals surface area contributed by atoms with Crippen molar-refractivity contribution in [3.8, 4) is 0 Å². The van der Waals surface area contributed by atoms with Gasteiger partial charge in [-0.2, -0.15) is 0 Å². The summed E-state index contributed by atoms with van der Waals surface area (Å²) in [5, 5.41) is 9.41. The average Bonchev–Trinajstić information content (AvgIpc) is 2.26. The van der Waals surface area contributed by atoms with Crippen LogP contribution in [0.3, 0.4) is 0 Å². The van der Waals surface area contributed by atoms with Crippen LogP contribution in [0.15, 0.2) is 0 Å². The summed E-state index contributed by atoms with van der Waals surface area (Å²) in [6, 6.07) is 0. The maximum absolute atomic E-state index is 9.41. The largest absolute Gasteiger partial charge is 0.392 e. The molecule has 0 aromatic carbocycles. The lowest BCUT2D eigenvalue weighted by atomic mass is 10.1. The molecule has 0 aliphatic carbocycles. The van der Waals surface area contributed by atoms with Crippen molar-refractivity contribution in [2.45, 2.75) is 38.7 Å². The van der Waals surface area contributed by atoms with Crippen LogP contribution in [0.25, 0.3) is 0 Å². The highest BCUT2D eigenvalue weighted by atomic mass is 32.2. The molecule has 1 saturated heterocycles. The third-order valence-corrected chi connectivity index (χ3v) is 4.15. The molecule has 0 aromatic rings. The molecule has 1 N–H and O–H groups in total. The van der Waals surface area contributed by atoms with Gasteiger partial charge >= 0.3 is 0 Å². The Kier molecular flexibility index (Phi) is 5.82. The Hall–Kier alpha value is 0.200. The second-order valence-corrected chi connectivity index (χ2v) is 5.34. The minimum atomic E-state index is -0.206. The van der Waals surface area contributed by atoms with Crippen LogP contribution in [0.4, 0.5) is 0 Å². The first-order valence-electron chi connectivity index (χ1n) is 5.33. The number of aliphatic hydroxyl groups excluding tert-OH is 1. The van der Waals surface area contributed by atoms with E-state index in [0.717, 1.165) is 29.6 Å². The second-order valence-electron chi connectivity index (χ2n) is 3.69. The van der Waals surface area contributed by atoms with Crippen molar-refractivity contribution in [2.75, 3.05) is 18.8 Å². The molecule has 2 nitrogen and oxygen atoms in total. The lowest BCUT2D eigenvalue weighted by molar-refractivity contribution is 0.195. The Bertz CT molecular complexity index is 181. The van der Waals surface area contributed by atoms with Crippen LogP contribution in [-0.2, 0) is 0 Å². The molecule has 1 aliphatic heterocycles. The van der Waals surface area contributed by atoms with E-state index in [1.54, 1.807) is 11.8 Å². The molecule has 0 bridgehead atoms. The highest BCUT2D eigenvalue weighted by molar-refractivity contribution is 8.22. The van der Waals surface area contributed by atoms with Crippen molar-refractivity contribution >= 4 is 28.3 Å². The minimum absolute atomic E-state index is 0.206. The number of thioether (sulfide) groups is 1. The molecule has 0 aromatic heterocycles. The van der Waals surface area contributed by atoms with Crippen molar-refractivity contribution in [2.24, 2.45) is 0 Å². The molecule has 1 unspecified atom stereocenters.